The molecule has 6 heteroatoms. The predicted octanol–water partition coefficient (Wildman–Crippen LogP) is 3.76. The highest BCUT2D eigenvalue weighted by Crippen LogP contribution is 2.44. The van der Waals surface area contributed by atoms with Gasteiger partial charge in [-0.05, 0) is 44.4 Å². The number of rotatable bonds is 6. The average molecular weight is 381 g/mol. The Morgan fingerprint density at radius 2 is 2.08 bits per heavy atom. The van der Waals surface area contributed by atoms with E-state index in [9.17, 15) is 4.39 Å². The fourth-order valence-corrected chi connectivity index (χ4v) is 4.06. The molecule has 3 rings (SSSR count). The first-order valence-electron chi connectivity index (χ1n) is 9.78. The van der Waals surface area contributed by atoms with E-state index in [-0.39, 0.29) is 17.8 Å². The molecule has 1 saturated heterocycles. The van der Waals surface area contributed by atoms with Crippen molar-refractivity contribution in [2.75, 3.05) is 26.7 Å². The molecule has 0 spiro atoms. The summed E-state index contributed by atoms with van der Waals surface area (Å²) < 4.78 is 14.1. The second-order valence-electron chi connectivity index (χ2n) is 7.41. The molecule has 1 heterocycles. The molecular weight excluding hydrogens is 351 g/mol. The minimum Gasteiger partial charge on any atom is -0.354 e. The van der Waals surface area contributed by atoms with Crippen LogP contribution in [0, 0.1) is 5.82 Å². The van der Waals surface area contributed by atoms with E-state index in [1.165, 1.54) is 25.5 Å². The van der Waals surface area contributed by atoms with E-state index in [0.717, 1.165) is 38.3 Å². The second kappa shape index (κ2) is 9.05. The van der Waals surface area contributed by atoms with Crippen LogP contribution in [0.1, 0.15) is 50.5 Å². The SMILES string of the molecule is CCCCN1CCC(NC(=NC)NC2CC2c2c(F)cccc2Cl)CC1. The Morgan fingerprint density at radius 3 is 2.73 bits per heavy atom. The fraction of sp³-hybridized carbons (Fsp3) is 0.650. The highest BCUT2D eigenvalue weighted by Gasteiger charge is 2.42. The monoisotopic (exact) mass is 380 g/mol. The van der Waals surface area contributed by atoms with Crippen molar-refractivity contribution in [2.24, 2.45) is 4.99 Å². The van der Waals surface area contributed by atoms with E-state index in [0.29, 0.717) is 16.6 Å². The van der Waals surface area contributed by atoms with Crippen molar-refractivity contribution < 1.29 is 4.39 Å². The molecular formula is C20H30ClFN4. The Morgan fingerprint density at radius 1 is 1.31 bits per heavy atom. The van der Waals surface area contributed by atoms with Gasteiger partial charge < -0.3 is 15.5 Å². The molecule has 0 aromatic heterocycles. The topological polar surface area (TPSA) is 39.7 Å². The van der Waals surface area contributed by atoms with Gasteiger partial charge in [0.15, 0.2) is 5.96 Å². The van der Waals surface area contributed by atoms with Crippen LogP contribution in [0.5, 0.6) is 0 Å². The largest absolute Gasteiger partial charge is 0.354 e. The number of halogens is 2. The van der Waals surface area contributed by atoms with Crippen LogP contribution < -0.4 is 10.6 Å². The smallest absolute Gasteiger partial charge is 0.191 e. The number of aliphatic imine (C=N–C) groups is 1. The van der Waals surface area contributed by atoms with E-state index in [1.54, 1.807) is 19.2 Å². The van der Waals surface area contributed by atoms with Gasteiger partial charge in [0.05, 0.1) is 0 Å². The summed E-state index contributed by atoms with van der Waals surface area (Å²) in [6, 6.07) is 5.54. The summed E-state index contributed by atoms with van der Waals surface area (Å²) in [5.74, 6) is 0.726. The predicted molar refractivity (Wildman–Crippen MR) is 107 cm³/mol. The van der Waals surface area contributed by atoms with E-state index in [2.05, 4.69) is 27.4 Å². The number of piperidine rings is 1. The molecule has 1 aromatic rings. The summed E-state index contributed by atoms with van der Waals surface area (Å²) in [6.07, 6.45) is 5.69. The third kappa shape index (κ3) is 4.89. The van der Waals surface area contributed by atoms with Crippen molar-refractivity contribution >= 4 is 17.6 Å². The molecule has 1 aromatic carbocycles. The van der Waals surface area contributed by atoms with Gasteiger partial charge in [-0.1, -0.05) is 31.0 Å². The van der Waals surface area contributed by atoms with Gasteiger partial charge in [0.1, 0.15) is 5.82 Å². The third-order valence-electron chi connectivity index (χ3n) is 5.46. The van der Waals surface area contributed by atoms with E-state index in [4.69, 9.17) is 11.6 Å². The van der Waals surface area contributed by atoms with Crippen molar-refractivity contribution in [3.05, 3.63) is 34.6 Å². The summed E-state index contributed by atoms with van der Waals surface area (Å²) in [4.78, 5) is 6.91. The summed E-state index contributed by atoms with van der Waals surface area (Å²) >= 11 is 6.19. The number of likely N-dealkylation sites (tertiary alicyclic amines) is 1. The lowest BCUT2D eigenvalue weighted by Crippen LogP contribution is -2.49. The Labute approximate surface area is 161 Å². The van der Waals surface area contributed by atoms with Crippen molar-refractivity contribution in [1.29, 1.82) is 0 Å². The van der Waals surface area contributed by atoms with Gasteiger partial charge in [0, 0.05) is 48.7 Å². The standard InChI is InChI=1S/C20H30ClFN4/c1-3-4-10-26-11-8-14(9-12-26)24-20(23-2)25-18-13-15(18)19-16(21)6-5-7-17(19)22/h5-7,14-15,18H,3-4,8-13H2,1-2H3,(H2,23,24,25). The van der Waals surface area contributed by atoms with Crippen LogP contribution in [0.4, 0.5) is 4.39 Å². The first-order valence-corrected chi connectivity index (χ1v) is 10.2. The highest BCUT2D eigenvalue weighted by molar-refractivity contribution is 6.31. The van der Waals surface area contributed by atoms with Crippen LogP contribution in [-0.4, -0.2) is 49.6 Å². The lowest BCUT2D eigenvalue weighted by molar-refractivity contribution is 0.203. The van der Waals surface area contributed by atoms with Crippen LogP contribution in [0.15, 0.2) is 23.2 Å². The third-order valence-corrected chi connectivity index (χ3v) is 5.79. The van der Waals surface area contributed by atoms with E-state index >= 15 is 0 Å². The van der Waals surface area contributed by atoms with Crippen molar-refractivity contribution in [3.63, 3.8) is 0 Å². The lowest BCUT2D eigenvalue weighted by Gasteiger charge is -2.33. The quantitative estimate of drug-likeness (QED) is 0.583. The van der Waals surface area contributed by atoms with Crippen LogP contribution in [0.2, 0.25) is 5.02 Å². The molecule has 1 saturated carbocycles. The lowest BCUT2D eigenvalue weighted by atomic mass is 10.0. The molecule has 1 aliphatic heterocycles. The molecule has 4 nitrogen and oxygen atoms in total. The number of unbranched alkanes of at least 4 members (excludes halogenated alkanes) is 1. The summed E-state index contributed by atoms with van der Waals surface area (Å²) in [5.41, 5.74) is 0.631. The Balaban J connectivity index is 1.47. The summed E-state index contributed by atoms with van der Waals surface area (Å²) in [7, 11) is 1.79. The zero-order chi connectivity index (χ0) is 18.5. The van der Waals surface area contributed by atoms with E-state index < -0.39 is 0 Å². The minimum atomic E-state index is -0.214. The molecule has 144 valence electrons. The van der Waals surface area contributed by atoms with Gasteiger partial charge in [-0.15, -0.1) is 0 Å². The van der Waals surface area contributed by atoms with Gasteiger partial charge in [-0.3, -0.25) is 4.99 Å². The average Bonchev–Trinajstić information content (AvgIpc) is 3.39. The van der Waals surface area contributed by atoms with Gasteiger partial charge in [0.2, 0.25) is 0 Å². The molecule has 1 aliphatic carbocycles. The molecule has 2 aliphatic rings. The number of guanidine groups is 1. The normalized spacial score (nSPS) is 24.5. The van der Waals surface area contributed by atoms with Gasteiger partial charge in [-0.2, -0.15) is 0 Å². The maximum atomic E-state index is 14.1. The maximum Gasteiger partial charge on any atom is 0.191 e. The number of benzene rings is 1. The molecule has 0 radical (unpaired) electrons. The van der Waals surface area contributed by atoms with Crippen LogP contribution >= 0.6 is 11.6 Å². The first kappa shape index (κ1) is 19.4. The van der Waals surface area contributed by atoms with E-state index in [1.807, 2.05) is 0 Å². The number of hydrogen-bond donors (Lipinski definition) is 2. The molecule has 2 unspecified atom stereocenters. The summed E-state index contributed by atoms with van der Waals surface area (Å²) in [5, 5.41) is 7.49. The van der Waals surface area contributed by atoms with Crippen molar-refractivity contribution in [2.45, 2.75) is 57.0 Å². The van der Waals surface area contributed by atoms with Crippen molar-refractivity contribution in [3.8, 4) is 0 Å². The molecule has 0 bridgehead atoms. The van der Waals surface area contributed by atoms with Crippen LogP contribution in [0.25, 0.3) is 0 Å². The fourth-order valence-electron chi connectivity index (χ4n) is 3.76. The number of nitrogens with zero attached hydrogens (tertiary/aromatic N) is 2. The Hall–Kier alpha value is -1.33. The summed E-state index contributed by atoms with van der Waals surface area (Å²) in [6.45, 7) is 5.74. The van der Waals surface area contributed by atoms with Gasteiger partial charge in [-0.25, -0.2) is 4.39 Å². The second-order valence-corrected chi connectivity index (χ2v) is 7.82. The Kier molecular flexibility index (Phi) is 6.76. The molecule has 0 amide bonds. The number of nitrogens with one attached hydrogen (secondary N) is 2. The molecule has 2 N–H and O–H groups in total. The zero-order valence-corrected chi connectivity index (χ0v) is 16.5. The molecule has 2 atom stereocenters. The minimum absolute atomic E-state index is 0.123. The van der Waals surface area contributed by atoms with Crippen molar-refractivity contribution in [1.82, 2.24) is 15.5 Å². The Bertz CT molecular complexity index is 608. The molecule has 2 fully saturated rings. The maximum absolute atomic E-state index is 14.1. The van der Waals surface area contributed by atoms with Crippen LogP contribution in [0.3, 0.4) is 0 Å². The number of hydrogen-bond acceptors (Lipinski definition) is 2. The van der Waals surface area contributed by atoms with Crippen LogP contribution in [-0.2, 0) is 0 Å². The highest BCUT2D eigenvalue weighted by atomic mass is 35.5. The molecule has 26 heavy (non-hydrogen) atoms. The first-order chi connectivity index (χ1) is 12.6. The zero-order valence-electron chi connectivity index (χ0n) is 15.8. The van der Waals surface area contributed by atoms with Gasteiger partial charge in [0.25, 0.3) is 0 Å². The van der Waals surface area contributed by atoms with Gasteiger partial charge >= 0.3 is 0 Å².